The summed E-state index contributed by atoms with van der Waals surface area (Å²) in [5, 5.41) is 6.84. The van der Waals surface area contributed by atoms with Crippen LogP contribution in [0.1, 0.15) is 44.8 Å². The maximum absolute atomic E-state index is 13.0. The van der Waals surface area contributed by atoms with Crippen molar-refractivity contribution in [3.8, 4) is 5.69 Å². The summed E-state index contributed by atoms with van der Waals surface area (Å²) >= 11 is 0. The highest BCUT2D eigenvalue weighted by Gasteiger charge is 2.31. The van der Waals surface area contributed by atoms with Gasteiger partial charge in [0.2, 0.25) is 0 Å². The van der Waals surface area contributed by atoms with Crippen LogP contribution < -0.4 is 5.32 Å². The highest BCUT2D eigenvalue weighted by atomic mass is 19.4. The van der Waals surface area contributed by atoms with Crippen LogP contribution in [0, 0.1) is 6.92 Å². The van der Waals surface area contributed by atoms with Crippen molar-refractivity contribution in [2.75, 3.05) is 18.4 Å². The Kier molecular flexibility index (Phi) is 5.73. The van der Waals surface area contributed by atoms with E-state index in [2.05, 4.69) is 10.4 Å². The number of amides is 2. The Bertz CT molecular complexity index is 1160. The van der Waals surface area contributed by atoms with Crippen LogP contribution in [-0.4, -0.2) is 39.6 Å². The lowest BCUT2D eigenvalue weighted by Crippen LogP contribution is -2.27. The third-order valence-corrected chi connectivity index (χ3v) is 5.43. The molecular formula is C23H21F3N4O2. The molecule has 6 nitrogen and oxygen atoms in total. The molecule has 2 amide bonds. The van der Waals surface area contributed by atoms with E-state index in [1.165, 1.54) is 23.0 Å². The molecule has 2 aromatic carbocycles. The molecule has 0 aliphatic carbocycles. The SMILES string of the molecule is Cc1c(C(=O)Nc2cccc(C(=O)N3CCCC3)c2)cnn1-c1cccc(C(F)(F)F)c1. The number of carbonyl (C=O) groups excluding carboxylic acids is 2. The van der Waals surface area contributed by atoms with E-state index in [0.717, 1.165) is 38.1 Å². The van der Waals surface area contributed by atoms with Gasteiger partial charge in [-0.1, -0.05) is 12.1 Å². The van der Waals surface area contributed by atoms with Crippen LogP contribution in [0.4, 0.5) is 18.9 Å². The summed E-state index contributed by atoms with van der Waals surface area (Å²) in [6.07, 6.45) is -1.20. The minimum atomic E-state index is -4.48. The van der Waals surface area contributed by atoms with E-state index in [4.69, 9.17) is 0 Å². The number of hydrogen-bond acceptors (Lipinski definition) is 3. The number of nitrogens with zero attached hydrogens (tertiary/aromatic N) is 3. The molecule has 0 atom stereocenters. The first-order chi connectivity index (χ1) is 15.2. The van der Waals surface area contributed by atoms with Gasteiger partial charge >= 0.3 is 6.18 Å². The highest BCUT2D eigenvalue weighted by molar-refractivity contribution is 6.05. The number of hydrogen-bond donors (Lipinski definition) is 1. The number of carbonyl (C=O) groups is 2. The van der Waals surface area contributed by atoms with Crippen LogP contribution in [0.15, 0.2) is 54.7 Å². The molecular weight excluding hydrogens is 421 g/mol. The van der Waals surface area contributed by atoms with Crippen molar-refractivity contribution >= 4 is 17.5 Å². The quantitative estimate of drug-likeness (QED) is 0.638. The number of halogens is 3. The molecule has 2 heterocycles. The van der Waals surface area contributed by atoms with Crippen molar-refractivity contribution in [1.82, 2.24) is 14.7 Å². The molecule has 32 heavy (non-hydrogen) atoms. The summed E-state index contributed by atoms with van der Waals surface area (Å²) in [6, 6.07) is 11.4. The van der Waals surface area contributed by atoms with Crippen molar-refractivity contribution in [1.29, 1.82) is 0 Å². The molecule has 0 saturated carbocycles. The highest BCUT2D eigenvalue weighted by Crippen LogP contribution is 2.30. The summed E-state index contributed by atoms with van der Waals surface area (Å²) in [7, 11) is 0. The summed E-state index contributed by atoms with van der Waals surface area (Å²) < 4.78 is 40.4. The van der Waals surface area contributed by atoms with Gasteiger partial charge in [-0.2, -0.15) is 18.3 Å². The van der Waals surface area contributed by atoms with E-state index >= 15 is 0 Å². The molecule has 1 aromatic heterocycles. The predicted molar refractivity (Wildman–Crippen MR) is 113 cm³/mol. The Morgan fingerprint density at radius 3 is 2.47 bits per heavy atom. The fourth-order valence-electron chi connectivity index (χ4n) is 3.74. The molecule has 0 spiro atoms. The number of alkyl halides is 3. The first kappa shape index (κ1) is 21.6. The molecule has 1 N–H and O–H groups in total. The largest absolute Gasteiger partial charge is 0.416 e. The van der Waals surface area contributed by atoms with Gasteiger partial charge in [-0.3, -0.25) is 9.59 Å². The molecule has 166 valence electrons. The average molecular weight is 442 g/mol. The topological polar surface area (TPSA) is 67.2 Å². The lowest BCUT2D eigenvalue weighted by atomic mass is 10.1. The summed E-state index contributed by atoms with van der Waals surface area (Å²) in [4.78, 5) is 27.2. The molecule has 9 heteroatoms. The number of nitrogens with one attached hydrogen (secondary N) is 1. The third-order valence-electron chi connectivity index (χ3n) is 5.43. The minimum Gasteiger partial charge on any atom is -0.339 e. The van der Waals surface area contributed by atoms with Crippen LogP contribution in [0.5, 0.6) is 0 Å². The number of aromatic nitrogens is 2. The van der Waals surface area contributed by atoms with Crippen LogP contribution in [0.25, 0.3) is 5.69 Å². The van der Waals surface area contributed by atoms with Gasteiger partial charge in [-0.25, -0.2) is 4.68 Å². The Hall–Kier alpha value is -3.62. The predicted octanol–water partition coefficient (Wildman–Crippen LogP) is 4.69. The standard InChI is InChI=1S/C23H21F3N4O2/c1-15-20(14-27-30(15)19-9-5-7-17(13-19)23(24,25)26)21(31)28-18-8-4-6-16(12-18)22(32)29-10-2-3-11-29/h4-9,12-14H,2-3,10-11H2,1H3,(H,28,31). The summed E-state index contributed by atoms with van der Waals surface area (Å²) in [5.74, 6) is -0.543. The average Bonchev–Trinajstić information content (AvgIpc) is 3.43. The van der Waals surface area contributed by atoms with Crippen LogP contribution in [0.3, 0.4) is 0 Å². The second-order valence-corrected chi connectivity index (χ2v) is 7.64. The molecule has 3 aromatic rings. The number of likely N-dealkylation sites (tertiary alicyclic amines) is 1. The van der Waals surface area contributed by atoms with Gasteiger partial charge in [-0.05, 0) is 56.2 Å². The van der Waals surface area contributed by atoms with Gasteiger partial charge < -0.3 is 10.2 Å². The van der Waals surface area contributed by atoms with E-state index in [9.17, 15) is 22.8 Å². The fraction of sp³-hybridized carbons (Fsp3) is 0.261. The molecule has 0 bridgehead atoms. The van der Waals surface area contributed by atoms with Crippen LogP contribution in [0.2, 0.25) is 0 Å². The van der Waals surface area contributed by atoms with Crippen molar-refractivity contribution < 1.29 is 22.8 Å². The maximum atomic E-state index is 13.0. The normalized spacial score (nSPS) is 13.9. The van der Waals surface area contributed by atoms with E-state index in [-0.39, 0.29) is 17.2 Å². The summed E-state index contributed by atoms with van der Waals surface area (Å²) in [6.45, 7) is 3.06. The number of anilines is 1. The van der Waals surface area contributed by atoms with Crippen molar-refractivity contribution in [2.24, 2.45) is 0 Å². The molecule has 1 fully saturated rings. The van der Waals surface area contributed by atoms with Gasteiger partial charge in [0.1, 0.15) is 0 Å². The molecule has 1 aliphatic heterocycles. The minimum absolute atomic E-state index is 0.0767. The Balaban J connectivity index is 1.54. The van der Waals surface area contributed by atoms with Crippen LogP contribution >= 0.6 is 0 Å². The lowest BCUT2D eigenvalue weighted by molar-refractivity contribution is -0.137. The molecule has 0 radical (unpaired) electrons. The first-order valence-electron chi connectivity index (χ1n) is 10.2. The maximum Gasteiger partial charge on any atom is 0.416 e. The smallest absolute Gasteiger partial charge is 0.339 e. The second kappa shape index (κ2) is 8.49. The molecule has 1 aliphatic rings. The first-order valence-corrected chi connectivity index (χ1v) is 10.2. The fourth-order valence-corrected chi connectivity index (χ4v) is 3.74. The molecule has 0 unspecified atom stereocenters. The van der Waals surface area contributed by atoms with E-state index in [1.54, 1.807) is 36.1 Å². The second-order valence-electron chi connectivity index (χ2n) is 7.64. The van der Waals surface area contributed by atoms with Gasteiger partial charge in [-0.15, -0.1) is 0 Å². The third kappa shape index (κ3) is 4.37. The van der Waals surface area contributed by atoms with E-state index in [1.807, 2.05) is 0 Å². The zero-order chi connectivity index (χ0) is 22.9. The lowest BCUT2D eigenvalue weighted by Gasteiger charge is -2.15. The van der Waals surface area contributed by atoms with Gasteiger partial charge in [0.15, 0.2) is 0 Å². The number of benzene rings is 2. The monoisotopic (exact) mass is 442 g/mol. The Labute approximate surface area is 182 Å². The van der Waals surface area contributed by atoms with Gasteiger partial charge in [0.25, 0.3) is 11.8 Å². The Morgan fingerprint density at radius 1 is 1.03 bits per heavy atom. The van der Waals surface area contributed by atoms with Gasteiger partial charge in [0, 0.05) is 24.3 Å². The Morgan fingerprint density at radius 2 is 1.75 bits per heavy atom. The van der Waals surface area contributed by atoms with E-state index in [0.29, 0.717) is 16.9 Å². The van der Waals surface area contributed by atoms with Crippen molar-refractivity contribution in [2.45, 2.75) is 25.9 Å². The molecule has 4 rings (SSSR count). The van der Waals surface area contributed by atoms with Gasteiger partial charge in [0.05, 0.1) is 28.7 Å². The summed E-state index contributed by atoms with van der Waals surface area (Å²) in [5.41, 5.74) is 0.960. The van der Waals surface area contributed by atoms with Crippen molar-refractivity contribution in [3.63, 3.8) is 0 Å². The zero-order valence-corrected chi connectivity index (χ0v) is 17.3. The zero-order valence-electron chi connectivity index (χ0n) is 17.3. The van der Waals surface area contributed by atoms with E-state index < -0.39 is 17.6 Å². The molecule has 1 saturated heterocycles. The van der Waals surface area contributed by atoms with Crippen LogP contribution in [-0.2, 0) is 6.18 Å². The van der Waals surface area contributed by atoms with Crippen molar-refractivity contribution in [3.05, 3.63) is 77.1 Å². The number of rotatable bonds is 4.